The number of nitrogens with one attached hydrogen (secondary N) is 2. The molecule has 0 fully saturated rings. The predicted molar refractivity (Wildman–Crippen MR) is 83.8 cm³/mol. The van der Waals surface area contributed by atoms with Gasteiger partial charge in [-0.15, -0.1) is 10.2 Å². The van der Waals surface area contributed by atoms with Gasteiger partial charge in [-0.3, -0.25) is 4.79 Å². The van der Waals surface area contributed by atoms with E-state index in [1.54, 1.807) is 12.1 Å². The highest BCUT2D eigenvalue weighted by molar-refractivity contribution is 5.92. The second-order valence-corrected chi connectivity index (χ2v) is 5.30. The standard InChI is InChI=1S/C16H20N4O/c1-10(2)17-16(21)14-8-9-15(20-19-14)18-13-7-5-6-11(3)12(13)4/h5-10H,1-4H3,(H,17,21)(H,18,20). The van der Waals surface area contributed by atoms with Crippen molar-refractivity contribution in [2.75, 3.05) is 5.32 Å². The average molecular weight is 284 g/mol. The van der Waals surface area contributed by atoms with Crippen LogP contribution >= 0.6 is 0 Å². The van der Waals surface area contributed by atoms with E-state index in [1.807, 2.05) is 26.0 Å². The molecule has 2 N–H and O–H groups in total. The fourth-order valence-corrected chi connectivity index (χ4v) is 1.88. The van der Waals surface area contributed by atoms with Gasteiger partial charge in [0.05, 0.1) is 0 Å². The third-order valence-electron chi connectivity index (χ3n) is 3.18. The van der Waals surface area contributed by atoms with Gasteiger partial charge in [0, 0.05) is 11.7 Å². The first-order valence-corrected chi connectivity index (χ1v) is 6.95. The Hall–Kier alpha value is -2.43. The maximum atomic E-state index is 11.8. The largest absolute Gasteiger partial charge is 0.348 e. The van der Waals surface area contributed by atoms with Gasteiger partial charge in [0.25, 0.3) is 5.91 Å². The van der Waals surface area contributed by atoms with Crippen molar-refractivity contribution in [3.63, 3.8) is 0 Å². The van der Waals surface area contributed by atoms with Crippen LogP contribution in [0.3, 0.4) is 0 Å². The Morgan fingerprint density at radius 3 is 2.48 bits per heavy atom. The quantitative estimate of drug-likeness (QED) is 0.905. The molecule has 0 unspecified atom stereocenters. The number of carbonyl (C=O) groups excluding carboxylic acids is 1. The summed E-state index contributed by atoms with van der Waals surface area (Å²) in [6.07, 6.45) is 0. The van der Waals surface area contributed by atoms with Gasteiger partial charge in [-0.1, -0.05) is 12.1 Å². The van der Waals surface area contributed by atoms with Crippen molar-refractivity contribution in [2.24, 2.45) is 0 Å². The molecule has 0 saturated carbocycles. The zero-order valence-corrected chi connectivity index (χ0v) is 12.8. The van der Waals surface area contributed by atoms with Crippen molar-refractivity contribution < 1.29 is 4.79 Å². The van der Waals surface area contributed by atoms with E-state index in [1.165, 1.54) is 11.1 Å². The molecule has 5 nitrogen and oxygen atoms in total. The molecule has 0 aliphatic carbocycles. The maximum absolute atomic E-state index is 11.8. The number of aromatic nitrogens is 2. The van der Waals surface area contributed by atoms with Crippen molar-refractivity contribution >= 4 is 17.4 Å². The molecular weight excluding hydrogens is 264 g/mol. The normalized spacial score (nSPS) is 10.5. The van der Waals surface area contributed by atoms with E-state index in [0.717, 1.165) is 5.69 Å². The molecule has 21 heavy (non-hydrogen) atoms. The van der Waals surface area contributed by atoms with Gasteiger partial charge in [-0.25, -0.2) is 0 Å². The highest BCUT2D eigenvalue weighted by atomic mass is 16.1. The molecule has 0 saturated heterocycles. The fourth-order valence-electron chi connectivity index (χ4n) is 1.88. The molecule has 0 bridgehead atoms. The number of aryl methyl sites for hydroxylation is 1. The number of anilines is 2. The summed E-state index contributed by atoms with van der Waals surface area (Å²) in [5.74, 6) is 0.403. The zero-order valence-electron chi connectivity index (χ0n) is 12.8. The smallest absolute Gasteiger partial charge is 0.271 e. The summed E-state index contributed by atoms with van der Waals surface area (Å²) in [6.45, 7) is 7.92. The first-order valence-electron chi connectivity index (χ1n) is 6.95. The van der Waals surface area contributed by atoms with Crippen molar-refractivity contribution in [1.82, 2.24) is 15.5 Å². The molecule has 0 aliphatic heterocycles. The van der Waals surface area contributed by atoms with E-state index in [2.05, 4.69) is 40.7 Å². The van der Waals surface area contributed by atoms with E-state index in [-0.39, 0.29) is 11.9 Å². The van der Waals surface area contributed by atoms with E-state index in [0.29, 0.717) is 11.5 Å². The van der Waals surface area contributed by atoms with Crippen LogP contribution in [0.4, 0.5) is 11.5 Å². The van der Waals surface area contributed by atoms with Gasteiger partial charge >= 0.3 is 0 Å². The Balaban J connectivity index is 2.12. The third kappa shape index (κ3) is 3.78. The van der Waals surface area contributed by atoms with E-state index >= 15 is 0 Å². The highest BCUT2D eigenvalue weighted by Gasteiger charge is 2.09. The molecule has 0 aliphatic rings. The van der Waals surface area contributed by atoms with E-state index in [9.17, 15) is 4.79 Å². The van der Waals surface area contributed by atoms with Crippen LogP contribution in [0.1, 0.15) is 35.5 Å². The molecule has 5 heteroatoms. The van der Waals surface area contributed by atoms with Crippen molar-refractivity contribution in [3.05, 3.63) is 47.2 Å². The van der Waals surface area contributed by atoms with Gasteiger partial charge in [-0.05, 0) is 57.0 Å². The number of amides is 1. The Labute approximate surface area is 124 Å². The van der Waals surface area contributed by atoms with Crippen LogP contribution < -0.4 is 10.6 Å². The summed E-state index contributed by atoms with van der Waals surface area (Å²) in [7, 11) is 0. The first kappa shape index (κ1) is 15.0. The lowest BCUT2D eigenvalue weighted by Gasteiger charge is -2.11. The second kappa shape index (κ2) is 6.35. The van der Waals surface area contributed by atoms with Crippen LogP contribution in [0.5, 0.6) is 0 Å². The Bertz CT molecular complexity index is 635. The van der Waals surface area contributed by atoms with Crippen molar-refractivity contribution in [2.45, 2.75) is 33.7 Å². The van der Waals surface area contributed by atoms with Gasteiger partial charge in [0.2, 0.25) is 0 Å². The second-order valence-electron chi connectivity index (χ2n) is 5.30. The fraction of sp³-hybridized carbons (Fsp3) is 0.312. The molecule has 2 aromatic rings. The van der Waals surface area contributed by atoms with Gasteiger partial charge in [0.15, 0.2) is 11.5 Å². The lowest BCUT2D eigenvalue weighted by molar-refractivity contribution is 0.0937. The summed E-state index contributed by atoms with van der Waals surface area (Å²) in [5, 5.41) is 14.0. The third-order valence-corrected chi connectivity index (χ3v) is 3.18. The number of carbonyl (C=O) groups is 1. The lowest BCUT2D eigenvalue weighted by Crippen LogP contribution is -2.30. The minimum absolute atomic E-state index is 0.0760. The SMILES string of the molecule is Cc1cccc(Nc2ccc(C(=O)NC(C)C)nn2)c1C. The molecular formula is C16H20N4O. The molecule has 1 amide bonds. The monoisotopic (exact) mass is 284 g/mol. The average Bonchev–Trinajstić information content (AvgIpc) is 2.44. The number of nitrogens with zero attached hydrogens (tertiary/aromatic N) is 2. The summed E-state index contributed by atoms with van der Waals surface area (Å²) in [6, 6.07) is 9.53. The zero-order chi connectivity index (χ0) is 15.4. The molecule has 2 rings (SSSR count). The molecule has 110 valence electrons. The Morgan fingerprint density at radius 2 is 1.86 bits per heavy atom. The predicted octanol–water partition coefficient (Wildman–Crippen LogP) is 2.98. The van der Waals surface area contributed by atoms with E-state index < -0.39 is 0 Å². The number of rotatable bonds is 4. The summed E-state index contributed by atoms with van der Waals surface area (Å²) >= 11 is 0. The van der Waals surface area contributed by atoms with Crippen molar-refractivity contribution in [3.8, 4) is 0 Å². The van der Waals surface area contributed by atoms with Crippen LogP contribution in [0.2, 0.25) is 0 Å². The molecule has 1 aromatic heterocycles. The van der Waals surface area contributed by atoms with Crippen LogP contribution in [0.25, 0.3) is 0 Å². The maximum Gasteiger partial charge on any atom is 0.271 e. The molecule has 0 spiro atoms. The van der Waals surface area contributed by atoms with Gasteiger partial charge in [-0.2, -0.15) is 0 Å². The van der Waals surface area contributed by atoms with Crippen LogP contribution in [-0.4, -0.2) is 22.1 Å². The molecule has 0 radical (unpaired) electrons. The van der Waals surface area contributed by atoms with Crippen molar-refractivity contribution in [1.29, 1.82) is 0 Å². The van der Waals surface area contributed by atoms with Crippen LogP contribution in [-0.2, 0) is 0 Å². The molecule has 0 atom stereocenters. The minimum Gasteiger partial charge on any atom is -0.348 e. The highest BCUT2D eigenvalue weighted by Crippen LogP contribution is 2.21. The lowest BCUT2D eigenvalue weighted by atomic mass is 10.1. The Kier molecular flexibility index (Phi) is 4.52. The van der Waals surface area contributed by atoms with Gasteiger partial charge < -0.3 is 10.6 Å². The van der Waals surface area contributed by atoms with Crippen LogP contribution in [0.15, 0.2) is 30.3 Å². The van der Waals surface area contributed by atoms with Crippen LogP contribution in [0, 0.1) is 13.8 Å². The first-order chi connectivity index (χ1) is 9.97. The van der Waals surface area contributed by atoms with E-state index in [4.69, 9.17) is 0 Å². The number of benzene rings is 1. The molecule has 1 aromatic carbocycles. The topological polar surface area (TPSA) is 66.9 Å². The summed E-state index contributed by atoms with van der Waals surface area (Å²) in [4.78, 5) is 11.8. The minimum atomic E-state index is -0.212. The molecule has 1 heterocycles. The number of hydrogen-bond acceptors (Lipinski definition) is 4. The number of hydrogen-bond donors (Lipinski definition) is 2. The summed E-state index contributed by atoms with van der Waals surface area (Å²) < 4.78 is 0. The van der Waals surface area contributed by atoms with Gasteiger partial charge in [0.1, 0.15) is 0 Å². The summed E-state index contributed by atoms with van der Waals surface area (Å²) in [5.41, 5.74) is 3.68. The Morgan fingerprint density at radius 1 is 1.10 bits per heavy atom.